The third-order valence-electron chi connectivity index (χ3n) is 4.85. The number of fused-ring (bicyclic) bond motifs is 1. The minimum atomic E-state index is -1.23. The van der Waals surface area contributed by atoms with Crippen molar-refractivity contribution in [2.24, 2.45) is 0 Å². The van der Waals surface area contributed by atoms with Gasteiger partial charge in [0.25, 0.3) is 0 Å². The van der Waals surface area contributed by atoms with Crippen LogP contribution in [0, 0.1) is 6.92 Å². The normalized spacial score (nSPS) is 10.6. The highest BCUT2D eigenvalue weighted by Gasteiger charge is 2.20. The largest absolute Gasteiger partial charge is 0.504 e. The number of nitrogens with zero attached hydrogens (tertiary/aromatic N) is 2. The number of aromatic hydroxyl groups is 3. The number of nitrogens with one attached hydrogen (secondary N) is 1. The molecule has 3 aromatic rings. The zero-order valence-electron chi connectivity index (χ0n) is 17.4. The molecule has 2 aromatic carbocycles. The zero-order valence-corrected chi connectivity index (χ0v) is 17.4. The molecule has 0 unspecified atom stereocenters. The van der Waals surface area contributed by atoms with Gasteiger partial charge in [0, 0.05) is 5.56 Å². The van der Waals surface area contributed by atoms with E-state index in [0.717, 1.165) is 49.2 Å². The van der Waals surface area contributed by atoms with Crippen molar-refractivity contribution in [1.82, 2.24) is 15.4 Å². The number of phenols is 3. The molecule has 30 heavy (non-hydrogen) atoms. The number of phenolic OH excluding ortho intramolecular Hbond substituents is 3. The van der Waals surface area contributed by atoms with E-state index in [4.69, 9.17) is 5.11 Å². The van der Waals surface area contributed by atoms with E-state index in [9.17, 15) is 20.1 Å². The maximum Gasteiger partial charge on any atom is 0.336 e. The van der Waals surface area contributed by atoms with E-state index in [1.807, 2.05) is 25.1 Å². The maximum atomic E-state index is 11.1. The van der Waals surface area contributed by atoms with Crippen LogP contribution in [0.25, 0.3) is 11.0 Å². The van der Waals surface area contributed by atoms with Gasteiger partial charge in [-0.1, -0.05) is 50.3 Å². The minimum absolute atomic E-state index is 0.161. The first kappa shape index (κ1) is 23.0. The predicted molar refractivity (Wildman–Crippen MR) is 114 cm³/mol. The molecular weight excluding hydrogens is 386 g/mol. The van der Waals surface area contributed by atoms with Gasteiger partial charge >= 0.3 is 5.97 Å². The average molecular weight is 415 g/mol. The third-order valence-corrected chi connectivity index (χ3v) is 4.85. The van der Waals surface area contributed by atoms with E-state index < -0.39 is 23.2 Å². The van der Waals surface area contributed by atoms with Crippen molar-refractivity contribution in [2.75, 3.05) is 0 Å². The number of aromatic carboxylic acids is 1. The molecule has 3 rings (SSSR count). The van der Waals surface area contributed by atoms with Crippen molar-refractivity contribution >= 4 is 17.0 Å². The molecule has 0 aliphatic rings. The summed E-state index contributed by atoms with van der Waals surface area (Å²) >= 11 is 0. The van der Waals surface area contributed by atoms with Gasteiger partial charge in [0.15, 0.2) is 11.5 Å². The number of H-pyrrole nitrogens is 1. The molecule has 0 spiro atoms. The summed E-state index contributed by atoms with van der Waals surface area (Å²) in [6.45, 7) is 4.17. The Morgan fingerprint density at radius 1 is 1.00 bits per heavy atom. The number of rotatable bonds is 8. The van der Waals surface area contributed by atoms with Crippen LogP contribution in [-0.2, 0) is 6.42 Å². The fraction of sp³-hybridized carbons (Fsp3) is 0.409. The fourth-order valence-electron chi connectivity index (χ4n) is 3.16. The first-order valence-corrected chi connectivity index (χ1v) is 10.1. The average Bonchev–Trinajstić information content (AvgIpc) is 3.18. The summed E-state index contributed by atoms with van der Waals surface area (Å²) < 4.78 is 0. The fourth-order valence-corrected chi connectivity index (χ4v) is 3.16. The summed E-state index contributed by atoms with van der Waals surface area (Å²) in [6, 6.07) is 6.98. The van der Waals surface area contributed by atoms with Gasteiger partial charge in [0.2, 0.25) is 5.75 Å². The van der Waals surface area contributed by atoms with E-state index in [0.29, 0.717) is 6.42 Å². The van der Waals surface area contributed by atoms with Crippen LogP contribution in [0.15, 0.2) is 24.3 Å². The number of carboxylic acid groups (broad SMARTS) is 1. The highest BCUT2D eigenvalue weighted by Crippen LogP contribution is 2.40. The lowest BCUT2D eigenvalue weighted by Gasteiger charge is -2.11. The topological polar surface area (TPSA) is 140 Å². The van der Waals surface area contributed by atoms with Gasteiger partial charge in [-0.05, 0) is 43.5 Å². The van der Waals surface area contributed by atoms with Crippen LogP contribution >= 0.6 is 0 Å². The summed E-state index contributed by atoms with van der Waals surface area (Å²) in [6.07, 6.45) is 6.62. The van der Waals surface area contributed by atoms with Crippen LogP contribution in [0.2, 0.25) is 0 Å². The molecule has 1 aromatic heterocycles. The van der Waals surface area contributed by atoms with E-state index in [-0.39, 0.29) is 11.1 Å². The summed E-state index contributed by atoms with van der Waals surface area (Å²) in [7, 11) is 0. The van der Waals surface area contributed by atoms with E-state index in [1.165, 1.54) is 12.0 Å². The summed E-state index contributed by atoms with van der Waals surface area (Å²) in [5.74, 6) is -3.03. The van der Waals surface area contributed by atoms with Crippen LogP contribution in [0.4, 0.5) is 0 Å². The lowest BCUT2D eigenvalue weighted by atomic mass is 9.98. The van der Waals surface area contributed by atoms with Crippen LogP contribution in [0.3, 0.4) is 0 Å². The molecule has 0 fully saturated rings. The van der Waals surface area contributed by atoms with Crippen LogP contribution in [0.1, 0.15) is 66.9 Å². The second kappa shape index (κ2) is 11.0. The first-order valence-electron chi connectivity index (χ1n) is 10.1. The first-order chi connectivity index (χ1) is 14.3. The number of aryl methyl sites for hydroxylation is 1. The van der Waals surface area contributed by atoms with E-state index in [1.54, 1.807) is 0 Å². The molecule has 0 aliphatic heterocycles. The zero-order chi connectivity index (χ0) is 22.1. The molecular formula is C22H29N3O5. The lowest BCUT2D eigenvalue weighted by Crippen LogP contribution is -2.03. The Bertz CT molecular complexity index is 984. The Balaban J connectivity index is 0.000000263. The Hall–Kier alpha value is -3.29. The molecule has 0 aliphatic carbocycles. The van der Waals surface area contributed by atoms with Crippen molar-refractivity contribution in [3.8, 4) is 17.2 Å². The number of hydrogen-bond acceptors (Lipinski definition) is 6. The van der Waals surface area contributed by atoms with Crippen molar-refractivity contribution in [2.45, 2.75) is 58.8 Å². The van der Waals surface area contributed by atoms with Crippen LogP contribution in [-0.4, -0.2) is 41.8 Å². The number of aromatic nitrogens is 3. The Morgan fingerprint density at radius 3 is 2.40 bits per heavy atom. The summed E-state index contributed by atoms with van der Waals surface area (Å²) in [5.41, 5.74) is 3.15. The molecule has 5 N–H and O–H groups in total. The molecule has 1 heterocycles. The number of hydrogen-bond donors (Lipinski definition) is 5. The molecule has 0 saturated heterocycles. The second-order valence-electron chi connectivity index (χ2n) is 7.27. The lowest BCUT2D eigenvalue weighted by molar-refractivity contribution is 0.0694. The van der Waals surface area contributed by atoms with Crippen molar-refractivity contribution in [1.29, 1.82) is 0 Å². The second-order valence-corrected chi connectivity index (χ2v) is 7.27. The predicted octanol–water partition coefficient (Wildman–Crippen LogP) is 4.67. The highest BCUT2D eigenvalue weighted by atomic mass is 16.4. The molecule has 0 bridgehead atoms. The minimum Gasteiger partial charge on any atom is -0.504 e. The molecule has 0 radical (unpaired) electrons. The number of aromatic amines is 1. The van der Waals surface area contributed by atoms with Crippen LogP contribution < -0.4 is 0 Å². The number of carboxylic acids is 1. The summed E-state index contributed by atoms with van der Waals surface area (Å²) in [5, 5.41) is 48.0. The smallest absolute Gasteiger partial charge is 0.336 e. The van der Waals surface area contributed by atoms with Gasteiger partial charge in [-0.15, -0.1) is 5.10 Å². The molecule has 162 valence electrons. The monoisotopic (exact) mass is 415 g/mol. The van der Waals surface area contributed by atoms with Gasteiger partial charge < -0.3 is 20.4 Å². The van der Waals surface area contributed by atoms with Gasteiger partial charge in [-0.2, -0.15) is 0 Å². The highest BCUT2D eigenvalue weighted by molar-refractivity contribution is 5.91. The molecule has 0 amide bonds. The van der Waals surface area contributed by atoms with Gasteiger partial charge in [0.05, 0.1) is 11.1 Å². The van der Waals surface area contributed by atoms with E-state index in [2.05, 4.69) is 22.3 Å². The van der Waals surface area contributed by atoms with E-state index >= 15 is 0 Å². The maximum absolute atomic E-state index is 11.1. The van der Waals surface area contributed by atoms with Gasteiger partial charge in [-0.3, -0.25) is 5.10 Å². The molecule has 0 saturated carbocycles. The van der Waals surface area contributed by atoms with Crippen molar-refractivity contribution in [3.63, 3.8) is 0 Å². The molecule has 8 nitrogen and oxygen atoms in total. The number of benzene rings is 2. The Labute approximate surface area is 175 Å². The van der Waals surface area contributed by atoms with Crippen LogP contribution in [0.5, 0.6) is 17.2 Å². The Morgan fingerprint density at radius 2 is 1.70 bits per heavy atom. The standard InChI is InChI=1S/C15H22O5.C7H7N3/c1-2-3-4-5-6-7-8-10-11(15(19)20)9-12(16)14(18)13(10)17;1-5-2-3-6-7(4-5)9-10-8-6/h9,16-18H,2-8H2,1H3,(H,19,20);2-4H,1H3,(H,8,9,10). The Kier molecular flexibility index (Phi) is 8.46. The number of carbonyl (C=O) groups is 1. The van der Waals surface area contributed by atoms with Crippen molar-refractivity contribution in [3.05, 3.63) is 41.0 Å². The molecule has 8 heteroatoms. The van der Waals surface area contributed by atoms with Gasteiger partial charge in [-0.25, -0.2) is 4.79 Å². The summed E-state index contributed by atoms with van der Waals surface area (Å²) in [4.78, 5) is 11.1. The number of unbranched alkanes of at least 4 members (excludes halogenated alkanes) is 5. The van der Waals surface area contributed by atoms with Gasteiger partial charge in [0.1, 0.15) is 5.52 Å². The molecule has 0 atom stereocenters. The quantitative estimate of drug-likeness (QED) is 0.266. The SMILES string of the molecule is CCCCCCCCc1c(C(=O)O)cc(O)c(O)c1O.Cc1ccc2[nH]nnc2c1. The third kappa shape index (κ3) is 6.10. The van der Waals surface area contributed by atoms with Crippen molar-refractivity contribution < 1.29 is 25.2 Å².